The number of ether oxygens (including phenoxy) is 1. The first-order valence-electron chi connectivity index (χ1n) is 11.8. The molecular formula is C31H32O. The molecule has 1 aliphatic rings. The van der Waals surface area contributed by atoms with Crippen molar-refractivity contribution in [2.45, 2.75) is 47.1 Å². The molecular weight excluding hydrogens is 388 g/mol. The fraction of sp³-hybridized carbons (Fsp3) is 0.226. The van der Waals surface area contributed by atoms with Gasteiger partial charge in [0, 0.05) is 16.7 Å². The number of fused-ring (bicyclic) bond motifs is 7. The van der Waals surface area contributed by atoms with Gasteiger partial charge in [0.15, 0.2) is 0 Å². The molecule has 5 aromatic carbocycles. The number of hydrogen-bond donors (Lipinski definition) is 0. The third-order valence-corrected chi connectivity index (χ3v) is 6.01. The molecule has 0 saturated heterocycles. The average molecular weight is 421 g/mol. The van der Waals surface area contributed by atoms with E-state index in [0.717, 1.165) is 5.75 Å². The molecule has 0 aromatic heterocycles. The highest BCUT2D eigenvalue weighted by Crippen LogP contribution is 2.48. The first-order valence-corrected chi connectivity index (χ1v) is 11.8. The molecule has 6 rings (SSSR count). The molecule has 1 nitrogen and oxygen atoms in total. The normalized spacial score (nSPS) is 13.2. The quantitative estimate of drug-likeness (QED) is 0.227. The van der Waals surface area contributed by atoms with Crippen LogP contribution in [0.2, 0.25) is 0 Å². The van der Waals surface area contributed by atoms with Crippen molar-refractivity contribution < 1.29 is 4.74 Å². The van der Waals surface area contributed by atoms with Gasteiger partial charge < -0.3 is 4.74 Å². The first-order chi connectivity index (χ1) is 15.6. The van der Waals surface area contributed by atoms with E-state index in [0.29, 0.717) is 0 Å². The van der Waals surface area contributed by atoms with E-state index in [1.807, 2.05) is 33.8 Å². The van der Waals surface area contributed by atoms with Crippen LogP contribution < -0.4 is 4.74 Å². The molecule has 162 valence electrons. The van der Waals surface area contributed by atoms with E-state index in [4.69, 9.17) is 4.74 Å². The molecule has 1 heteroatoms. The highest BCUT2D eigenvalue weighted by atomic mass is 16.5. The van der Waals surface area contributed by atoms with E-state index in [-0.39, 0.29) is 5.60 Å². The summed E-state index contributed by atoms with van der Waals surface area (Å²) in [6.07, 6.45) is 0. The van der Waals surface area contributed by atoms with Crippen LogP contribution >= 0.6 is 0 Å². The van der Waals surface area contributed by atoms with Crippen molar-refractivity contribution in [3.63, 3.8) is 0 Å². The number of para-hydroxylation sites is 1. The molecule has 0 unspecified atom stereocenters. The Labute approximate surface area is 191 Å². The van der Waals surface area contributed by atoms with Crippen molar-refractivity contribution in [2.24, 2.45) is 0 Å². The van der Waals surface area contributed by atoms with Crippen molar-refractivity contribution in [3.8, 4) is 16.9 Å². The molecule has 0 radical (unpaired) electrons. The van der Waals surface area contributed by atoms with Gasteiger partial charge in [-0.25, -0.2) is 0 Å². The molecule has 0 N–H and O–H groups in total. The number of benzene rings is 5. The second kappa shape index (κ2) is 8.67. The summed E-state index contributed by atoms with van der Waals surface area (Å²) in [7, 11) is 0. The fourth-order valence-corrected chi connectivity index (χ4v) is 4.65. The topological polar surface area (TPSA) is 9.23 Å². The minimum absolute atomic E-state index is 0.351. The highest BCUT2D eigenvalue weighted by molar-refractivity contribution is 6.10. The van der Waals surface area contributed by atoms with Gasteiger partial charge in [-0.15, -0.1) is 0 Å². The van der Waals surface area contributed by atoms with Crippen molar-refractivity contribution in [1.29, 1.82) is 0 Å². The molecule has 0 saturated carbocycles. The van der Waals surface area contributed by atoms with E-state index in [1.165, 1.54) is 49.0 Å². The van der Waals surface area contributed by atoms with Gasteiger partial charge in [-0.3, -0.25) is 0 Å². The van der Waals surface area contributed by atoms with Crippen LogP contribution in [0, 0.1) is 0 Å². The van der Waals surface area contributed by atoms with Gasteiger partial charge in [0.25, 0.3) is 0 Å². The Hall–Kier alpha value is -3.32. The van der Waals surface area contributed by atoms with Gasteiger partial charge in [-0.1, -0.05) is 82.3 Å². The molecule has 0 amide bonds. The zero-order valence-electron chi connectivity index (χ0n) is 20.0. The number of hydrogen-bond acceptors (Lipinski definition) is 1. The molecule has 1 heterocycles. The summed E-state index contributed by atoms with van der Waals surface area (Å²) in [5.74, 6) is 0.964. The van der Waals surface area contributed by atoms with Crippen LogP contribution in [-0.2, 0) is 5.60 Å². The standard InChI is InChI=1S/C27H20O.2C2H6/c1-27(2)24-12-11-19-15-20-13-17-7-3-4-8-18(17)14-21(20)16-23(19)26(24)22-9-5-6-10-25(22)28-27;2*1-2/h3-16H,1-2H3;2*1-2H3. The Kier molecular flexibility index (Phi) is 5.93. The first kappa shape index (κ1) is 21.9. The molecule has 32 heavy (non-hydrogen) atoms. The maximum absolute atomic E-state index is 6.34. The molecule has 0 spiro atoms. The van der Waals surface area contributed by atoms with Crippen LogP contribution in [0.1, 0.15) is 47.1 Å². The van der Waals surface area contributed by atoms with Gasteiger partial charge in [0.05, 0.1) is 0 Å². The summed E-state index contributed by atoms with van der Waals surface area (Å²) in [4.78, 5) is 0. The molecule has 0 aliphatic carbocycles. The lowest BCUT2D eigenvalue weighted by molar-refractivity contribution is 0.106. The summed E-state index contributed by atoms with van der Waals surface area (Å²) in [5.41, 5.74) is 3.39. The van der Waals surface area contributed by atoms with Crippen LogP contribution in [0.4, 0.5) is 0 Å². The monoisotopic (exact) mass is 420 g/mol. The van der Waals surface area contributed by atoms with Gasteiger partial charge in [-0.2, -0.15) is 0 Å². The Morgan fingerprint density at radius 1 is 0.562 bits per heavy atom. The summed E-state index contributed by atoms with van der Waals surface area (Å²) in [6, 6.07) is 30.7. The minimum Gasteiger partial charge on any atom is -0.482 e. The Bertz CT molecular complexity index is 1410. The van der Waals surface area contributed by atoms with Crippen LogP contribution in [0.25, 0.3) is 43.4 Å². The Balaban J connectivity index is 0.000000582. The van der Waals surface area contributed by atoms with E-state index < -0.39 is 0 Å². The molecule has 0 atom stereocenters. The second-order valence-corrected chi connectivity index (χ2v) is 8.22. The molecule has 5 aromatic rings. The molecule has 0 bridgehead atoms. The van der Waals surface area contributed by atoms with Crippen LogP contribution in [0.3, 0.4) is 0 Å². The third-order valence-electron chi connectivity index (χ3n) is 6.01. The third kappa shape index (κ3) is 3.52. The second-order valence-electron chi connectivity index (χ2n) is 8.22. The Morgan fingerprint density at radius 3 is 1.81 bits per heavy atom. The van der Waals surface area contributed by atoms with Crippen LogP contribution in [0.15, 0.2) is 84.9 Å². The Morgan fingerprint density at radius 2 is 1.12 bits per heavy atom. The smallest absolute Gasteiger partial charge is 0.129 e. The van der Waals surface area contributed by atoms with E-state index in [9.17, 15) is 0 Å². The van der Waals surface area contributed by atoms with Gasteiger partial charge >= 0.3 is 0 Å². The van der Waals surface area contributed by atoms with Crippen LogP contribution in [-0.4, -0.2) is 0 Å². The zero-order valence-corrected chi connectivity index (χ0v) is 20.0. The van der Waals surface area contributed by atoms with Gasteiger partial charge in [-0.05, 0) is 76.5 Å². The maximum Gasteiger partial charge on any atom is 0.129 e. The predicted octanol–water partition coefficient (Wildman–Crippen LogP) is 9.49. The maximum atomic E-state index is 6.34. The van der Waals surface area contributed by atoms with Gasteiger partial charge in [0.2, 0.25) is 0 Å². The lowest BCUT2D eigenvalue weighted by Crippen LogP contribution is -2.29. The van der Waals surface area contributed by atoms with E-state index in [1.54, 1.807) is 0 Å². The van der Waals surface area contributed by atoms with Crippen LogP contribution in [0.5, 0.6) is 5.75 Å². The fourth-order valence-electron chi connectivity index (χ4n) is 4.65. The zero-order chi connectivity index (χ0) is 22.9. The summed E-state index contributed by atoms with van der Waals surface area (Å²) >= 11 is 0. The molecule has 0 fully saturated rings. The molecule has 1 aliphatic heterocycles. The highest BCUT2D eigenvalue weighted by Gasteiger charge is 2.33. The van der Waals surface area contributed by atoms with Crippen molar-refractivity contribution >= 4 is 32.3 Å². The number of rotatable bonds is 0. The summed E-state index contributed by atoms with van der Waals surface area (Å²) in [5, 5.41) is 7.70. The minimum atomic E-state index is -0.351. The average Bonchev–Trinajstić information content (AvgIpc) is 2.83. The van der Waals surface area contributed by atoms with Crippen molar-refractivity contribution in [2.75, 3.05) is 0 Å². The van der Waals surface area contributed by atoms with Crippen molar-refractivity contribution in [3.05, 3.63) is 90.5 Å². The lowest BCUT2D eigenvalue weighted by Gasteiger charge is -2.35. The predicted molar refractivity (Wildman–Crippen MR) is 141 cm³/mol. The lowest BCUT2D eigenvalue weighted by atomic mass is 9.82. The van der Waals surface area contributed by atoms with E-state index in [2.05, 4.69) is 92.7 Å². The summed E-state index contributed by atoms with van der Waals surface area (Å²) in [6.45, 7) is 12.3. The van der Waals surface area contributed by atoms with Crippen molar-refractivity contribution in [1.82, 2.24) is 0 Å². The van der Waals surface area contributed by atoms with Gasteiger partial charge in [0.1, 0.15) is 11.4 Å². The van der Waals surface area contributed by atoms with E-state index >= 15 is 0 Å². The largest absolute Gasteiger partial charge is 0.482 e. The summed E-state index contributed by atoms with van der Waals surface area (Å²) < 4.78 is 6.34. The SMILES string of the molecule is CC.CC.CC1(C)Oc2ccccc2-c2c1ccc1cc3cc4ccccc4cc3cc21.